The number of halogens is 5. The van der Waals surface area contributed by atoms with Crippen molar-refractivity contribution in [1.29, 1.82) is 0 Å². The van der Waals surface area contributed by atoms with Crippen LogP contribution in [-0.4, -0.2) is 0 Å². The Morgan fingerprint density at radius 1 is 0.542 bits per heavy atom. The number of benzene rings is 3. The molecule has 0 heterocycles. The lowest BCUT2D eigenvalue weighted by Crippen LogP contribution is -2.05. The molecule has 5 heteroatoms. The van der Waals surface area contributed by atoms with Crippen LogP contribution in [0.3, 0.4) is 0 Å². The Morgan fingerprint density at radius 2 is 1.08 bits per heavy atom. The lowest BCUT2D eigenvalue weighted by molar-refractivity contribution is 0.381. The van der Waals surface area contributed by atoms with E-state index in [0.29, 0.717) is 12.0 Å². The first kappa shape index (κ1) is 14.9. The second-order valence-electron chi connectivity index (χ2n) is 5.61. The fraction of sp³-hybridized carbons (Fsp3) is 0.0526. The molecule has 24 heavy (non-hydrogen) atoms. The number of rotatable bonds is 1. The molecule has 0 nitrogen and oxygen atoms in total. The molecule has 0 saturated heterocycles. The average Bonchev–Trinajstić information content (AvgIpc) is 2.98. The molecule has 0 spiro atoms. The predicted octanol–water partition coefficient (Wildman–Crippen LogP) is 5.62. The van der Waals surface area contributed by atoms with Crippen molar-refractivity contribution in [3.63, 3.8) is 0 Å². The van der Waals surface area contributed by atoms with Gasteiger partial charge in [0.1, 0.15) is 0 Å². The second-order valence-corrected chi connectivity index (χ2v) is 5.61. The standard InChI is InChI=1S/C19H9F5/c20-15-14(16(21)18(23)19(24)17(15)22)12-7-3-6-11-10-5-2-1-4-9(10)8-13(11)12/h1-7H,8H2. The highest BCUT2D eigenvalue weighted by Gasteiger charge is 2.30. The molecule has 0 N–H and O–H groups in total. The number of hydrogen-bond donors (Lipinski definition) is 0. The third kappa shape index (κ3) is 1.90. The van der Waals surface area contributed by atoms with E-state index in [1.807, 2.05) is 24.3 Å². The summed E-state index contributed by atoms with van der Waals surface area (Å²) in [5, 5.41) is 0. The minimum Gasteiger partial charge on any atom is -0.203 e. The van der Waals surface area contributed by atoms with Crippen molar-refractivity contribution in [3.8, 4) is 22.3 Å². The summed E-state index contributed by atoms with van der Waals surface area (Å²) in [6.45, 7) is 0. The van der Waals surface area contributed by atoms with Gasteiger partial charge in [-0.05, 0) is 34.2 Å². The molecule has 0 aliphatic heterocycles. The third-order valence-corrected chi connectivity index (χ3v) is 4.33. The first-order valence-electron chi connectivity index (χ1n) is 7.22. The van der Waals surface area contributed by atoms with E-state index in [2.05, 4.69) is 0 Å². The predicted molar refractivity (Wildman–Crippen MR) is 79.9 cm³/mol. The third-order valence-electron chi connectivity index (χ3n) is 4.33. The van der Waals surface area contributed by atoms with Crippen molar-refractivity contribution in [1.82, 2.24) is 0 Å². The summed E-state index contributed by atoms with van der Waals surface area (Å²) in [6, 6.07) is 12.1. The maximum atomic E-state index is 14.2. The summed E-state index contributed by atoms with van der Waals surface area (Å²) in [4.78, 5) is 0. The normalized spacial score (nSPS) is 12.2. The van der Waals surface area contributed by atoms with Crippen LogP contribution >= 0.6 is 0 Å². The van der Waals surface area contributed by atoms with Crippen LogP contribution in [0.1, 0.15) is 11.1 Å². The fourth-order valence-electron chi connectivity index (χ4n) is 3.23. The van der Waals surface area contributed by atoms with Gasteiger partial charge in [-0.3, -0.25) is 0 Å². The van der Waals surface area contributed by atoms with Gasteiger partial charge in [-0.15, -0.1) is 0 Å². The van der Waals surface area contributed by atoms with Gasteiger partial charge in [0, 0.05) is 0 Å². The largest absolute Gasteiger partial charge is 0.203 e. The molecule has 0 fully saturated rings. The van der Waals surface area contributed by atoms with Crippen molar-refractivity contribution >= 4 is 0 Å². The minimum absolute atomic E-state index is 0.0245. The van der Waals surface area contributed by atoms with Crippen LogP contribution < -0.4 is 0 Å². The molecule has 0 atom stereocenters. The summed E-state index contributed by atoms with van der Waals surface area (Å²) in [5.74, 6) is -9.63. The second kappa shape index (κ2) is 5.16. The maximum Gasteiger partial charge on any atom is 0.200 e. The maximum absolute atomic E-state index is 14.2. The highest BCUT2D eigenvalue weighted by Crippen LogP contribution is 2.43. The molecule has 0 unspecified atom stereocenters. The summed E-state index contributed by atoms with van der Waals surface area (Å²) in [6.07, 6.45) is 0.376. The van der Waals surface area contributed by atoms with E-state index < -0.39 is 34.6 Å². The van der Waals surface area contributed by atoms with Crippen molar-refractivity contribution in [3.05, 3.63) is 82.7 Å². The lowest BCUT2D eigenvalue weighted by Gasteiger charge is -2.12. The van der Waals surface area contributed by atoms with Crippen LogP contribution in [0.15, 0.2) is 42.5 Å². The monoisotopic (exact) mass is 332 g/mol. The van der Waals surface area contributed by atoms with Crippen LogP contribution in [0.4, 0.5) is 22.0 Å². The smallest absolute Gasteiger partial charge is 0.200 e. The Kier molecular flexibility index (Phi) is 3.20. The first-order chi connectivity index (χ1) is 11.5. The molecule has 4 rings (SSSR count). The quantitative estimate of drug-likeness (QED) is 0.241. The lowest BCUT2D eigenvalue weighted by atomic mass is 9.94. The van der Waals surface area contributed by atoms with Crippen molar-refractivity contribution < 1.29 is 22.0 Å². The van der Waals surface area contributed by atoms with E-state index in [4.69, 9.17) is 0 Å². The fourth-order valence-corrected chi connectivity index (χ4v) is 3.23. The SMILES string of the molecule is Fc1c(F)c(F)c(-c2cccc3c2Cc2ccccc2-3)c(F)c1F. The molecule has 0 saturated carbocycles. The zero-order valence-electron chi connectivity index (χ0n) is 12.1. The van der Waals surface area contributed by atoms with Crippen molar-refractivity contribution in [2.75, 3.05) is 0 Å². The zero-order chi connectivity index (χ0) is 17.0. The Bertz CT molecular complexity index is 962. The number of hydrogen-bond acceptors (Lipinski definition) is 0. The van der Waals surface area contributed by atoms with E-state index in [1.165, 1.54) is 6.07 Å². The van der Waals surface area contributed by atoms with Crippen LogP contribution in [0.5, 0.6) is 0 Å². The average molecular weight is 332 g/mol. The van der Waals surface area contributed by atoms with E-state index in [0.717, 1.165) is 16.7 Å². The minimum atomic E-state index is -2.15. The van der Waals surface area contributed by atoms with Gasteiger partial charge in [0.05, 0.1) is 5.56 Å². The molecule has 0 bridgehead atoms. The molecular weight excluding hydrogens is 323 g/mol. The Morgan fingerprint density at radius 3 is 1.79 bits per heavy atom. The molecule has 3 aromatic rings. The van der Waals surface area contributed by atoms with E-state index in [-0.39, 0.29) is 5.56 Å². The molecule has 0 amide bonds. The van der Waals surface area contributed by atoms with Gasteiger partial charge in [0.2, 0.25) is 5.82 Å². The summed E-state index contributed by atoms with van der Waals surface area (Å²) in [7, 11) is 0. The highest BCUT2D eigenvalue weighted by molar-refractivity contribution is 5.85. The molecule has 120 valence electrons. The highest BCUT2D eigenvalue weighted by atomic mass is 19.2. The Labute approximate surface area is 134 Å². The van der Waals surface area contributed by atoms with Crippen molar-refractivity contribution in [2.45, 2.75) is 6.42 Å². The Balaban J connectivity index is 2.02. The summed E-state index contributed by atoms with van der Waals surface area (Å²) in [5.41, 5.74) is 2.29. The summed E-state index contributed by atoms with van der Waals surface area (Å²) < 4.78 is 68.7. The van der Waals surface area contributed by atoms with Gasteiger partial charge in [0.15, 0.2) is 23.3 Å². The van der Waals surface area contributed by atoms with Gasteiger partial charge < -0.3 is 0 Å². The topological polar surface area (TPSA) is 0 Å². The van der Waals surface area contributed by atoms with E-state index in [1.54, 1.807) is 12.1 Å². The molecular formula is C19H9F5. The Hall–Kier alpha value is -2.69. The van der Waals surface area contributed by atoms with Crippen LogP contribution in [-0.2, 0) is 6.42 Å². The van der Waals surface area contributed by atoms with E-state index >= 15 is 0 Å². The van der Waals surface area contributed by atoms with Crippen molar-refractivity contribution in [2.24, 2.45) is 0 Å². The summed E-state index contributed by atoms with van der Waals surface area (Å²) >= 11 is 0. The molecule has 1 aliphatic rings. The number of fused-ring (bicyclic) bond motifs is 3. The van der Waals surface area contributed by atoms with E-state index in [9.17, 15) is 22.0 Å². The van der Waals surface area contributed by atoms with Gasteiger partial charge >= 0.3 is 0 Å². The van der Waals surface area contributed by atoms with Gasteiger partial charge in [0.25, 0.3) is 0 Å². The zero-order valence-corrected chi connectivity index (χ0v) is 12.1. The molecule has 0 radical (unpaired) electrons. The molecule has 0 aromatic heterocycles. The van der Waals surface area contributed by atoms with Gasteiger partial charge in [-0.25, -0.2) is 22.0 Å². The van der Waals surface area contributed by atoms with Gasteiger partial charge in [-0.1, -0.05) is 42.5 Å². The van der Waals surface area contributed by atoms with Crippen LogP contribution in [0.25, 0.3) is 22.3 Å². The molecule has 3 aromatic carbocycles. The first-order valence-corrected chi connectivity index (χ1v) is 7.22. The van der Waals surface area contributed by atoms with Crippen LogP contribution in [0.2, 0.25) is 0 Å². The van der Waals surface area contributed by atoms with Gasteiger partial charge in [-0.2, -0.15) is 0 Å². The molecule has 1 aliphatic carbocycles. The van der Waals surface area contributed by atoms with Crippen LogP contribution in [0, 0.1) is 29.1 Å².